The SMILES string of the molecule is CN1C(=O)COc2ccc(C(=O)CCC(=O)NCc3ccc(C(=O)O)cc3)cc21. The molecule has 0 saturated carbocycles. The molecule has 29 heavy (non-hydrogen) atoms. The molecule has 1 aliphatic heterocycles. The highest BCUT2D eigenvalue weighted by molar-refractivity contribution is 6.02. The van der Waals surface area contributed by atoms with Gasteiger partial charge in [0, 0.05) is 32.0 Å². The fourth-order valence-corrected chi connectivity index (χ4v) is 2.87. The molecule has 8 nitrogen and oxygen atoms in total. The summed E-state index contributed by atoms with van der Waals surface area (Å²) in [6.07, 6.45) is 0.0511. The Balaban J connectivity index is 1.52. The number of rotatable bonds is 7. The van der Waals surface area contributed by atoms with Crippen molar-refractivity contribution in [3.8, 4) is 5.75 Å². The summed E-state index contributed by atoms with van der Waals surface area (Å²) in [4.78, 5) is 48.4. The van der Waals surface area contributed by atoms with Gasteiger partial charge in [0.05, 0.1) is 11.3 Å². The summed E-state index contributed by atoms with van der Waals surface area (Å²) < 4.78 is 5.33. The van der Waals surface area contributed by atoms with E-state index in [9.17, 15) is 19.2 Å². The number of aromatic carboxylic acids is 1. The van der Waals surface area contributed by atoms with Crippen molar-refractivity contribution in [1.82, 2.24) is 5.32 Å². The standard InChI is InChI=1S/C21H20N2O6/c1-23-16-10-15(6-8-18(16)29-12-20(23)26)17(24)7-9-19(25)22-11-13-2-4-14(5-3-13)21(27)28/h2-6,8,10H,7,9,11-12H2,1H3,(H,22,25)(H,27,28). The first-order valence-corrected chi connectivity index (χ1v) is 9.00. The molecule has 2 N–H and O–H groups in total. The molecule has 0 saturated heterocycles. The largest absolute Gasteiger partial charge is 0.482 e. The van der Waals surface area contributed by atoms with Gasteiger partial charge in [0.2, 0.25) is 5.91 Å². The van der Waals surface area contributed by atoms with Crippen molar-refractivity contribution >= 4 is 29.3 Å². The van der Waals surface area contributed by atoms with Gasteiger partial charge in [-0.15, -0.1) is 0 Å². The summed E-state index contributed by atoms with van der Waals surface area (Å²) in [5.41, 5.74) is 1.87. The van der Waals surface area contributed by atoms with E-state index in [-0.39, 0.29) is 49.2 Å². The summed E-state index contributed by atoms with van der Waals surface area (Å²) in [5, 5.41) is 11.6. The Morgan fingerprint density at radius 2 is 1.76 bits per heavy atom. The van der Waals surface area contributed by atoms with Gasteiger partial charge in [0.15, 0.2) is 12.4 Å². The zero-order chi connectivity index (χ0) is 21.0. The molecule has 2 aromatic rings. The maximum absolute atomic E-state index is 12.4. The van der Waals surface area contributed by atoms with E-state index in [1.54, 1.807) is 37.4 Å². The molecule has 8 heteroatoms. The number of fused-ring (bicyclic) bond motifs is 1. The van der Waals surface area contributed by atoms with Crippen LogP contribution < -0.4 is 15.0 Å². The van der Waals surface area contributed by atoms with Gasteiger partial charge in [0.1, 0.15) is 5.75 Å². The van der Waals surface area contributed by atoms with E-state index in [1.807, 2.05) is 0 Å². The number of carboxylic acids is 1. The molecule has 0 aliphatic carbocycles. The third kappa shape index (κ3) is 4.78. The second-order valence-corrected chi connectivity index (χ2v) is 6.63. The van der Waals surface area contributed by atoms with Crippen LogP contribution in [0.2, 0.25) is 0 Å². The number of nitrogens with zero attached hydrogens (tertiary/aromatic N) is 1. The number of carbonyl (C=O) groups is 4. The van der Waals surface area contributed by atoms with Crippen LogP contribution in [0.15, 0.2) is 42.5 Å². The topological polar surface area (TPSA) is 113 Å². The lowest BCUT2D eigenvalue weighted by molar-refractivity contribution is -0.121. The average molecular weight is 396 g/mol. The first-order valence-electron chi connectivity index (χ1n) is 9.00. The van der Waals surface area contributed by atoms with Crippen molar-refractivity contribution < 1.29 is 29.0 Å². The van der Waals surface area contributed by atoms with Gasteiger partial charge < -0.3 is 20.1 Å². The zero-order valence-electron chi connectivity index (χ0n) is 15.8. The third-order valence-corrected chi connectivity index (χ3v) is 4.64. The number of carboxylic acid groups (broad SMARTS) is 1. The van der Waals surface area contributed by atoms with E-state index in [2.05, 4.69) is 5.32 Å². The van der Waals surface area contributed by atoms with Crippen LogP contribution in [0.25, 0.3) is 0 Å². The Hall–Kier alpha value is -3.68. The van der Waals surface area contributed by atoms with Crippen molar-refractivity contribution in [2.45, 2.75) is 19.4 Å². The highest BCUT2D eigenvalue weighted by Gasteiger charge is 2.23. The van der Waals surface area contributed by atoms with Gasteiger partial charge >= 0.3 is 5.97 Å². The van der Waals surface area contributed by atoms with Gasteiger partial charge in [-0.05, 0) is 35.9 Å². The molecule has 0 unspecified atom stereocenters. The summed E-state index contributed by atoms with van der Waals surface area (Å²) >= 11 is 0. The molecule has 0 radical (unpaired) electrons. The van der Waals surface area contributed by atoms with Crippen LogP contribution >= 0.6 is 0 Å². The van der Waals surface area contributed by atoms with Crippen molar-refractivity contribution in [1.29, 1.82) is 0 Å². The smallest absolute Gasteiger partial charge is 0.335 e. The predicted molar refractivity (Wildman–Crippen MR) is 104 cm³/mol. The van der Waals surface area contributed by atoms with E-state index in [1.165, 1.54) is 17.0 Å². The van der Waals surface area contributed by atoms with Crippen LogP contribution in [-0.2, 0) is 16.1 Å². The molecular formula is C21H20N2O6. The maximum atomic E-state index is 12.4. The Labute approximate surface area is 167 Å². The molecule has 0 bridgehead atoms. The van der Waals surface area contributed by atoms with E-state index in [0.29, 0.717) is 17.0 Å². The number of ether oxygens (including phenoxy) is 1. The number of nitrogens with one attached hydrogen (secondary N) is 1. The number of anilines is 1. The molecule has 3 rings (SSSR count). The van der Waals surface area contributed by atoms with Gasteiger partial charge in [-0.25, -0.2) is 4.79 Å². The average Bonchev–Trinajstić information content (AvgIpc) is 2.73. The second-order valence-electron chi connectivity index (χ2n) is 6.63. The number of amides is 2. The Kier molecular flexibility index (Phi) is 5.92. The number of likely N-dealkylation sites (N-methyl/N-ethyl adjacent to an activating group) is 1. The first kappa shape index (κ1) is 20.1. The number of Topliss-reactive ketones (excluding diaryl/α,β-unsaturated/α-hetero) is 1. The van der Waals surface area contributed by atoms with Gasteiger partial charge in [-0.2, -0.15) is 0 Å². The minimum Gasteiger partial charge on any atom is -0.482 e. The lowest BCUT2D eigenvalue weighted by atomic mass is 10.0. The monoisotopic (exact) mass is 396 g/mol. The zero-order valence-corrected chi connectivity index (χ0v) is 15.8. The van der Waals surface area contributed by atoms with Gasteiger partial charge in [0.25, 0.3) is 5.91 Å². The molecule has 0 fully saturated rings. The fourth-order valence-electron chi connectivity index (χ4n) is 2.87. The van der Waals surface area contributed by atoms with Crippen LogP contribution in [0, 0.1) is 0 Å². The number of carbonyl (C=O) groups excluding carboxylic acids is 3. The van der Waals surface area contributed by atoms with Crippen molar-refractivity contribution in [3.63, 3.8) is 0 Å². The van der Waals surface area contributed by atoms with Crippen LogP contribution in [0.3, 0.4) is 0 Å². The Morgan fingerprint density at radius 3 is 2.45 bits per heavy atom. The summed E-state index contributed by atoms with van der Waals surface area (Å²) in [6, 6.07) is 11.0. The lowest BCUT2D eigenvalue weighted by Crippen LogP contribution is -2.35. The molecule has 0 aromatic heterocycles. The van der Waals surface area contributed by atoms with Gasteiger partial charge in [-0.1, -0.05) is 12.1 Å². The van der Waals surface area contributed by atoms with E-state index < -0.39 is 5.97 Å². The van der Waals surface area contributed by atoms with E-state index >= 15 is 0 Å². The molecule has 0 spiro atoms. The van der Waals surface area contributed by atoms with Crippen molar-refractivity contribution in [2.24, 2.45) is 0 Å². The van der Waals surface area contributed by atoms with Crippen LogP contribution in [0.5, 0.6) is 5.75 Å². The quantitative estimate of drug-likeness (QED) is 0.693. The lowest BCUT2D eigenvalue weighted by Gasteiger charge is -2.26. The van der Waals surface area contributed by atoms with Crippen LogP contribution in [0.4, 0.5) is 5.69 Å². The highest BCUT2D eigenvalue weighted by atomic mass is 16.5. The van der Waals surface area contributed by atoms with E-state index in [4.69, 9.17) is 9.84 Å². The third-order valence-electron chi connectivity index (χ3n) is 4.64. The minimum atomic E-state index is -1.01. The Bertz CT molecular complexity index is 968. The number of benzene rings is 2. The first-order chi connectivity index (χ1) is 13.8. The number of hydrogen-bond donors (Lipinski definition) is 2. The summed E-state index contributed by atoms with van der Waals surface area (Å²) in [7, 11) is 1.62. The molecule has 2 amide bonds. The van der Waals surface area contributed by atoms with Gasteiger partial charge in [-0.3, -0.25) is 14.4 Å². The van der Waals surface area contributed by atoms with Crippen LogP contribution in [-0.4, -0.2) is 42.3 Å². The van der Waals surface area contributed by atoms with Crippen LogP contribution in [0.1, 0.15) is 39.1 Å². The number of hydrogen-bond acceptors (Lipinski definition) is 5. The summed E-state index contributed by atoms with van der Waals surface area (Å²) in [6.45, 7) is 0.214. The minimum absolute atomic E-state index is 0.0222. The molecule has 1 aliphatic rings. The number of ketones is 1. The second kappa shape index (κ2) is 8.55. The van der Waals surface area contributed by atoms with Crippen molar-refractivity contribution in [3.05, 3.63) is 59.2 Å². The van der Waals surface area contributed by atoms with E-state index in [0.717, 1.165) is 5.56 Å². The summed E-state index contributed by atoms with van der Waals surface area (Å²) in [5.74, 6) is -1.16. The predicted octanol–water partition coefficient (Wildman–Crippen LogP) is 2.02. The highest BCUT2D eigenvalue weighted by Crippen LogP contribution is 2.32. The molecular weight excluding hydrogens is 376 g/mol. The molecule has 0 atom stereocenters. The van der Waals surface area contributed by atoms with Crippen molar-refractivity contribution in [2.75, 3.05) is 18.6 Å². The molecule has 2 aromatic carbocycles. The fraction of sp³-hybridized carbons (Fsp3) is 0.238. The Morgan fingerprint density at radius 1 is 1.07 bits per heavy atom. The normalized spacial score (nSPS) is 12.7. The molecule has 1 heterocycles. The molecule has 150 valence electrons. The maximum Gasteiger partial charge on any atom is 0.335 e.